The topological polar surface area (TPSA) is 45.2 Å². The summed E-state index contributed by atoms with van der Waals surface area (Å²) in [6.45, 7) is 10.1. The van der Waals surface area contributed by atoms with Gasteiger partial charge in [0, 0.05) is 39.3 Å². The second-order valence-electron chi connectivity index (χ2n) is 6.46. The molecule has 23 heavy (non-hydrogen) atoms. The Morgan fingerprint density at radius 2 is 1.65 bits per heavy atom. The van der Waals surface area contributed by atoms with E-state index < -0.39 is 6.10 Å². The number of hydrogen-bond donors (Lipinski definition) is 1. The lowest BCUT2D eigenvalue weighted by Gasteiger charge is -2.35. The number of hydrogen-bond acceptors (Lipinski definition) is 5. The van der Waals surface area contributed by atoms with Crippen molar-refractivity contribution < 1.29 is 14.6 Å². The van der Waals surface area contributed by atoms with Crippen molar-refractivity contribution in [3.8, 4) is 5.75 Å². The molecule has 0 aliphatic carbocycles. The van der Waals surface area contributed by atoms with Crippen molar-refractivity contribution in [2.24, 2.45) is 0 Å². The van der Waals surface area contributed by atoms with Crippen molar-refractivity contribution in [2.45, 2.75) is 32.6 Å². The quantitative estimate of drug-likeness (QED) is 0.788. The van der Waals surface area contributed by atoms with E-state index in [9.17, 15) is 5.11 Å². The molecule has 1 heterocycles. The van der Waals surface area contributed by atoms with Gasteiger partial charge >= 0.3 is 0 Å². The minimum absolute atomic E-state index is 0.172. The Kier molecular flexibility index (Phi) is 7.30. The maximum absolute atomic E-state index is 10.0. The molecule has 1 aromatic carbocycles. The minimum atomic E-state index is -0.398. The number of rotatable bonds is 8. The first kappa shape index (κ1) is 18.2. The first-order chi connectivity index (χ1) is 11.1. The summed E-state index contributed by atoms with van der Waals surface area (Å²) >= 11 is 0. The summed E-state index contributed by atoms with van der Waals surface area (Å²) in [5, 5.41) is 10.0. The number of ether oxygens (including phenoxy) is 2. The molecule has 0 amide bonds. The van der Waals surface area contributed by atoms with Gasteiger partial charge in [0.15, 0.2) is 0 Å². The van der Waals surface area contributed by atoms with Crippen LogP contribution in [0, 0.1) is 0 Å². The van der Waals surface area contributed by atoms with Gasteiger partial charge < -0.3 is 14.6 Å². The largest absolute Gasteiger partial charge is 0.497 e. The van der Waals surface area contributed by atoms with Crippen molar-refractivity contribution in [2.75, 3.05) is 46.4 Å². The molecule has 1 N–H and O–H groups in total. The molecule has 2 rings (SSSR count). The van der Waals surface area contributed by atoms with E-state index >= 15 is 0 Å². The van der Waals surface area contributed by atoms with E-state index in [2.05, 4.69) is 21.9 Å². The molecule has 0 bridgehead atoms. The molecule has 1 unspecified atom stereocenters. The molecular weight excluding hydrogens is 292 g/mol. The third kappa shape index (κ3) is 6.47. The number of aliphatic hydroxyl groups excluding tert-OH is 1. The van der Waals surface area contributed by atoms with Crippen LogP contribution in [0.4, 0.5) is 0 Å². The molecule has 1 saturated heterocycles. The van der Waals surface area contributed by atoms with Gasteiger partial charge in [-0.15, -0.1) is 0 Å². The highest BCUT2D eigenvalue weighted by Crippen LogP contribution is 2.14. The van der Waals surface area contributed by atoms with Crippen LogP contribution in [0.25, 0.3) is 0 Å². The van der Waals surface area contributed by atoms with E-state index in [1.807, 2.05) is 26.0 Å². The van der Waals surface area contributed by atoms with Crippen LogP contribution in [-0.4, -0.2) is 73.6 Å². The van der Waals surface area contributed by atoms with Crippen molar-refractivity contribution in [1.82, 2.24) is 9.80 Å². The van der Waals surface area contributed by atoms with Gasteiger partial charge in [0.2, 0.25) is 0 Å². The van der Waals surface area contributed by atoms with Crippen LogP contribution in [0.2, 0.25) is 0 Å². The lowest BCUT2D eigenvalue weighted by molar-refractivity contribution is -0.0148. The van der Waals surface area contributed by atoms with Crippen LogP contribution in [-0.2, 0) is 11.3 Å². The van der Waals surface area contributed by atoms with Crippen molar-refractivity contribution in [3.05, 3.63) is 29.8 Å². The Balaban J connectivity index is 1.68. The zero-order valence-electron chi connectivity index (χ0n) is 14.6. The Morgan fingerprint density at radius 1 is 1.04 bits per heavy atom. The van der Waals surface area contributed by atoms with Crippen LogP contribution >= 0.6 is 0 Å². The van der Waals surface area contributed by atoms with Gasteiger partial charge in [0.25, 0.3) is 0 Å². The number of nitrogens with zero attached hydrogens (tertiary/aromatic N) is 2. The predicted octanol–water partition coefficient (Wildman–Crippen LogP) is 1.60. The van der Waals surface area contributed by atoms with Crippen molar-refractivity contribution >= 4 is 0 Å². The van der Waals surface area contributed by atoms with E-state index in [1.54, 1.807) is 7.11 Å². The highest BCUT2D eigenvalue weighted by Gasteiger charge is 2.19. The van der Waals surface area contributed by atoms with Crippen LogP contribution in [0.15, 0.2) is 24.3 Å². The first-order valence-corrected chi connectivity index (χ1v) is 8.44. The van der Waals surface area contributed by atoms with Crippen LogP contribution < -0.4 is 4.74 Å². The third-order valence-corrected chi connectivity index (χ3v) is 4.12. The van der Waals surface area contributed by atoms with Crippen LogP contribution in [0.1, 0.15) is 19.4 Å². The number of benzene rings is 1. The summed E-state index contributed by atoms with van der Waals surface area (Å²) in [6.07, 6.45) is -0.225. The number of β-amino-alcohol motifs (C(OH)–C–C–N with tert-alkyl or cyclic N) is 1. The number of piperazine rings is 1. The second-order valence-corrected chi connectivity index (χ2v) is 6.46. The van der Waals surface area contributed by atoms with E-state index in [0.717, 1.165) is 38.5 Å². The number of methoxy groups -OCH3 is 1. The van der Waals surface area contributed by atoms with Gasteiger partial charge in [-0.1, -0.05) is 12.1 Å². The first-order valence-electron chi connectivity index (χ1n) is 8.44. The molecule has 0 aromatic heterocycles. The van der Waals surface area contributed by atoms with Crippen molar-refractivity contribution in [1.29, 1.82) is 0 Å². The summed E-state index contributed by atoms with van der Waals surface area (Å²) in [5.74, 6) is 0.899. The molecule has 0 spiro atoms. The van der Waals surface area contributed by atoms with Gasteiger partial charge in [-0.3, -0.25) is 9.80 Å². The summed E-state index contributed by atoms with van der Waals surface area (Å²) < 4.78 is 10.7. The zero-order valence-corrected chi connectivity index (χ0v) is 14.6. The molecule has 5 heteroatoms. The molecule has 130 valence electrons. The molecule has 1 aliphatic heterocycles. The fourth-order valence-corrected chi connectivity index (χ4v) is 2.77. The molecule has 5 nitrogen and oxygen atoms in total. The summed E-state index contributed by atoms with van der Waals surface area (Å²) in [4.78, 5) is 4.77. The van der Waals surface area contributed by atoms with E-state index in [4.69, 9.17) is 9.47 Å². The number of aliphatic hydroxyl groups is 1. The maximum atomic E-state index is 10.0. The fourth-order valence-electron chi connectivity index (χ4n) is 2.77. The smallest absolute Gasteiger partial charge is 0.118 e. The summed E-state index contributed by atoms with van der Waals surface area (Å²) in [7, 11) is 1.69. The Bertz CT molecular complexity index is 442. The highest BCUT2D eigenvalue weighted by atomic mass is 16.5. The Morgan fingerprint density at radius 3 is 2.22 bits per heavy atom. The molecule has 1 fully saturated rings. The zero-order chi connectivity index (χ0) is 16.7. The molecule has 0 radical (unpaired) electrons. The van der Waals surface area contributed by atoms with Gasteiger partial charge in [0.1, 0.15) is 5.75 Å². The predicted molar refractivity (Wildman–Crippen MR) is 91.8 cm³/mol. The Hall–Kier alpha value is -1.14. The average Bonchev–Trinajstić information content (AvgIpc) is 2.55. The van der Waals surface area contributed by atoms with Crippen LogP contribution in [0.5, 0.6) is 5.75 Å². The fraction of sp³-hybridized carbons (Fsp3) is 0.667. The molecule has 1 aromatic rings. The molecular formula is C18H30N2O3. The van der Waals surface area contributed by atoms with E-state index in [1.165, 1.54) is 5.56 Å². The van der Waals surface area contributed by atoms with Crippen molar-refractivity contribution in [3.63, 3.8) is 0 Å². The van der Waals surface area contributed by atoms with Crippen LogP contribution in [0.3, 0.4) is 0 Å². The molecule has 0 saturated carbocycles. The normalized spacial score (nSPS) is 18.3. The Labute approximate surface area is 139 Å². The summed E-state index contributed by atoms with van der Waals surface area (Å²) in [6, 6.07) is 8.27. The van der Waals surface area contributed by atoms with E-state index in [0.29, 0.717) is 13.2 Å². The standard InChI is InChI=1S/C18H30N2O3/c1-15(2)23-14-17(21)13-20-10-8-19(9-11-20)12-16-4-6-18(22-3)7-5-16/h4-7,15,17,21H,8-14H2,1-3H3. The lowest BCUT2D eigenvalue weighted by atomic mass is 10.2. The SMILES string of the molecule is COc1ccc(CN2CCN(CC(O)COC(C)C)CC2)cc1. The van der Waals surface area contributed by atoms with Gasteiger partial charge in [-0.05, 0) is 31.5 Å². The van der Waals surface area contributed by atoms with Gasteiger partial charge in [0.05, 0.1) is 25.9 Å². The van der Waals surface area contributed by atoms with E-state index in [-0.39, 0.29) is 6.10 Å². The summed E-state index contributed by atoms with van der Waals surface area (Å²) in [5.41, 5.74) is 1.31. The third-order valence-electron chi connectivity index (χ3n) is 4.12. The monoisotopic (exact) mass is 322 g/mol. The average molecular weight is 322 g/mol. The minimum Gasteiger partial charge on any atom is -0.497 e. The molecule has 1 atom stereocenters. The molecule has 1 aliphatic rings. The van der Waals surface area contributed by atoms with Gasteiger partial charge in [-0.25, -0.2) is 0 Å². The highest BCUT2D eigenvalue weighted by molar-refractivity contribution is 5.27. The second kappa shape index (κ2) is 9.23. The lowest BCUT2D eigenvalue weighted by Crippen LogP contribution is -2.48. The van der Waals surface area contributed by atoms with Gasteiger partial charge in [-0.2, -0.15) is 0 Å². The maximum Gasteiger partial charge on any atom is 0.118 e.